The number of benzene rings is 2. The van der Waals surface area contributed by atoms with Gasteiger partial charge in [-0.2, -0.15) is 0 Å². The summed E-state index contributed by atoms with van der Waals surface area (Å²) in [5.74, 6) is -1.82. The molecule has 320 valence electrons. The Morgan fingerprint density at radius 1 is 0.672 bits per heavy atom. The molecular weight excluding hydrogens is 746 g/mol. The predicted octanol–water partition coefficient (Wildman–Crippen LogP) is 6.04. The van der Waals surface area contributed by atoms with Gasteiger partial charge in [0.25, 0.3) is 11.8 Å². The number of anilines is 1. The van der Waals surface area contributed by atoms with Crippen LogP contribution in [-0.4, -0.2) is 113 Å². The van der Waals surface area contributed by atoms with Crippen molar-refractivity contribution < 1.29 is 52.4 Å². The van der Waals surface area contributed by atoms with Gasteiger partial charge in [0, 0.05) is 19.4 Å². The molecule has 2 aromatic carbocycles. The lowest BCUT2D eigenvalue weighted by molar-refractivity contribution is -0.136. The van der Waals surface area contributed by atoms with E-state index >= 15 is 0 Å². The van der Waals surface area contributed by atoms with Gasteiger partial charge in [0.2, 0.25) is 17.7 Å². The molecule has 0 aromatic heterocycles. The van der Waals surface area contributed by atoms with E-state index in [1.54, 1.807) is 12.1 Å². The van der Waals surface area contributed by atoms with Gasteiger partial charge < -0.3 is 33.7 Å². The lowest BCUT2D eigenvalue weighted by Crippen LogP contribution is -2.54. The number of imide groups is 2. The minimum atomic E-state index is -1.07. The molecule has 2 heterocycles. The monoisotopic (exact) mass is 809 g/mol. The molecule has 14 nitrogen and oxygen atoms in total. The van der Waals surface area contributed by atoms with Gasteiger partial charge in [0.1, 0.15) is 18.4 Å². The Labute approximate surface area is 343 Å². The van der Waals surface area contributed by atoms with Crippen LogP contribution in [0.1, 0.15) is 117 Å². The van der Waals surface area contributed by atoms with Gasteiger partial charge in [0.05, 0.1) is 76.3 Å². The van der Waals surface area contributed by atoms with Crippen molar-refractivity contribution in [2.75, 3.05) is 78.0 Å². The van der Waals surface area contributed by atoms with Gasteiger partial charge in [-0.25, -0.2) is 0 Å². The Morgan fingerprint density at radius 3 is 1.90 bits per heavy atom. The van der Waals surface area contributed by atoms with Crippen LogP contribution < -0.4 is 15.4 Å². The molecule has 1 atom stereocenters. The van der Waals surface area contributed by atoms with Crippen molar-refractivity contribution in [1.82, 2.24) is 10.2 Å². The number of aryl methyl sites for hydroxylation is 1. The van der Waals surface area contributed by atoms with Crippen LogP contribution in [0.15, 0.2) is 42.5 Å². The number of nitrogens with zero attached hydrogens (tertiary/aromatic N) is 1. The largest absolute Gasteiger partial charge is 0.491 e. The summed E-state index contributed by atoms with van der Waals surface area (Å²) in [5, 5.41) is 4.92. The summed E-state index contributed by atoms with van der Waals surface area (Å²) in [5.41, 5.74) is 1.76. The molecule has 5 amide bonds. The van der Waals surface area contributed by atoms with E-state index in [1.165, 1.54) is 56.6 Å². The van der Waals surface area contributed by atoms with Crippen molar-refractivity contribution in [2.24, 2.45) is 0 Å². The minimum Gasteiger partial charge on any atom is -0.491 e. The number of fused-ring (bicyclic) bond motifs is 1. The summed E-state index contributed by atoms with van der Waals surface area (Å²) in [6.45, 7) is 7.59. The number of ether oxygens (including phenoxy) is 6. The van der Waals surface area contributed by atoms with Crippen LogP contribution in [-0.2, 0) is 44.5 Å². The van der Waals surface area contributed by atoms with Gasteiger partial charge in [-0.3, -0.25) is 34.2 Å². The van der Waals surface area contributed by atoms with Gasteiger partial charge in [-0.1, -0.05) is 70.1 Å². The van der Waals surface area contributed by atoms with Gasteiger partial charge in [-0.05, 0) is 61.9 Å². The average Bonchev–Trinajstić information content (AvgIpc) is 3.47. The van der Waals surface area contributed by atoms with Gasteiger partial charge in [0.15, 0.2) is 0 Å². The van der Waals surface area contributed by atoms with Gasteiger partial charge in [-0.15, -0.1) is 0 Å². The molecule has 0 bridgehead atoms. The second-order valence-electron chi connectivity index (χ2n) is 14.5. The third-order valence-corrected chi connectivity index (χ3v) is 9.91. The molecule has 0 spiro atoms. The fourth-order valence-corrected chi connectivity index (χ4v) is 6.74. The molecule has 2 aromatic rings. The van der Waals surface area contributed by atoms with E-state index in [1.807, 2.05) is 12.1 Å². The van der Waals surface area contributed by atoms with Crippen LogP contribution >= 0.6 is 0 Å². The first kappa shape index (κ1) is 46.5. The molecule has 14 heteroatoms. The zero-order valence-corrected chi connectivity index (χ0v) is 34.2. The summed E-state index contributed by atoms with van der Waals surface area (Å²) in [7, 11) is 0. The van der Waals surface area contributed by atoms with Crippen LogP contribution in [0.5, 0.6) is 5.75 Å². The van der Waals surface area contributed by atoms with Crippen molar-refractivity contribution in [1.29, 1.82) is 0 Å². The lowest BCUT2D eigenvalue weighted by atomic mass is 10.0. The van der Waals surface area contributed by atoms with E-state index in [9.17, 15) is 24.0 Å². The van der Waals surface area contributed by atoms with Crippen molar-refractivity contribution in [2.45, 2.75) is 103 Å². The fraction of sp³-hybridized carbons (Fsp3) is 0.614. The molecule has 0 saturated carbocycles. The predicted molar refractivity (Wildman–Crippen MR) is 218 cm³/mol. The van der Waals surface area contributed by atoms with Crippen molar-refractivity contribution in [3.8, 4) is 5.75 Å². The Morgan fingerprint density at radius 2 is 1.26 bits per heavy atom. The maximum atomic E-state index is 13.2. The minimum absolute atomic E-state index is 0.0324. The number of hydrogen-bond acceptors (Lipinski definition) is 11. The SMILES string of the molecule is CCCCCCCCCc1ccc(OCCOCCOCCOCCOCCOCCCCCC(=O)Nc2cccc3c2C(=O)N(C2CCC(=O)NC2=O)C3=O)cc1. The maximum absolute atomic E-state index is 13.2. The summed E-state index contributed by atoms with van der Waals surface area (Å²) in [4.78, 5) is 63.6. The van der Waals surface area contributed by atoms with Crippen LogP contribution in [0.25, 0.3) is 0 Å². The molecule has 58 heavy (non-hydrogen) atoms. The Hall–Kier alpha value is -4.21. The molecule has 2 aliphatic heterocycles. The summed E-state index contributed by atoms with van der Waals surface area (Å²) in [6.07, 6.45) is 12.9. The molecule has 1 fully saturated rings. The highest BCUT2D eigenvalue weighted by molar-refractivity contribution is 6.26. The molecule has 4 rings (SSSR count). The number of rotatable bonds is 32. The third kappa shape index (κ3) is 16.6. The quantitative estimate of drug-likeness (QED) is 0.0653. The van der Waals surface area contributed by atoms with E-state index in [2.05, 4.69) is 29.7 Å². The standard InChI is InChI=1S/C44H63N3O11/c1-2-3-4-5-6-7-9-13-34-17-19-35(20-18-34)58-33-32-57-31-30-56-29-28-55-27-26-54-25-24-53-23-11-8-10-16-39(48)45-37-15-12-14-36-41(37)44(52)47(43(36)51)38-21-22-40(49)46-42(38)50/h12,14-15,17-20,38H,2-11,13,16,21-33H2,1H3,(H,45,48)(H,46,49,50). The number of nitrogens with one attached hydrogen (secondary N) is 2. The first-order chi connectivity index (χ1) is 28.4. The molecule has 1 saturated heterocycles. The Kier molecular flexibility index (Phi) is 22.0. The van der Waals surface area contributed by atoms with Crippen LogP contribution in [0.3, 0.4) is 0 Å². The van der Waals surface area contributed by atoms with Crippen molar-refractivity contribution >= 4 is 35.2 Å². The first-order valence-electron chi connectivity index (χ1n) is 21.1. The first-order valence-corrected chi connectivity index (χ1v) is 21.1. The highest BCUT2D eigenvalue weighted by Crippen LogP contribution is 2.32. The molecule has 2 N–H and O–H groups in total. The molecule has 0 aliphatic carbocycles. The highest BCUT2D eigenvalue weighted by Gasteiger charge is 2.45. The normalized spacial score (nSPS) is 15.2. The van der Waals surface area contributed by atoms with E-state index < -0.39 is 29.7 Å². The topological polar surface area (TPSA) is 168 Å². The number of carbonyl (C=O) groups is 5. The smallest absolute Gasteiger partial charge is 0.264 e. The number of carbonyl (C=O) groups excluding carboxylic acids is 5. The molecule has 0 radical (unpaired) electrons. The maximum Gasteiger partial charge on any atom is 0.264 e. The third-order valence-electron chi connectivity index (χ3n) is 9.91. The number of piperidine rings is 1. The Balaban J connectivity index is 0.888. The van der Waals surface area contributed by atoms with Gasteiger partial charge >= 0.3 is 0 Å². The van der Waals surface area contributed by atoms with E-state index in [-0.39, 0.29) is 42.0 Å². The van der Waals surface area contributed by atoms with Crippen molar-refractivity contribution in [3.63, 3.8) is 0 Å². The molecule has 2 aliphatic rings. The zero-order chi connectivity index (χ0) is 41.2. The number of amides is 5. The summed E-state index contributed by atoms with van der Waals surface area (Å²) >= 11 is 0. The average molecular weight is 810 g/mol. The zero-order valence-electron chi connectivity index (χ0n) is 34.2. The van der Waals surface area contributed by atoms with E-state index in [4.69, 9.17) is 28.4 Å². The second kappa shape index (κ2) is 27.5. The highest BCUT2D eigenvalue weighted by atomic mass is 16.6. The molecule has 1 unspecified atom stereocenters. The summed E-state index contributed by atoms with van der Waals surface area (Å²) < 4.78 is 33.6. The van der Waals surface area contributed by atoms with E-state index in [0.717, 1.165) is 29.9 Å². The summed E-state index contributed by atoms with van der Waals surface area (Å²) in [6, 6.07) is 11.9. The fourth-order valence-electron chi connectivity index (χ4n) is 6.74. The van der Waals surface area contributed by atoms with Crippen LogP contribution in [0.2, 0.25) is 0 Å². The number of hydrogen-bond donors (Lipinski definition) is 2. The van der Waals surface area contributed by atoms with E-state index in [0.29, 0.717) is 79.1 Å². The molecular formula is C44H63N3O11. The van der Waals surface area contributed by atoms with Crippen LogP contribution in [0.4, 0.5) is 5.69 Å². The second-order valence-corrected chi connectivity index (χ2v) is 14.5. The lowest BCUT2D eigenvalue weighted by Gasteiger charge is -2.27. The van der Waals surface area contributed by atoms with Crippen molar-refractivity contribution in [3.05, 3.63) is 59.2 Å². The van der Waals surface area contributed by atoms with Crippen LogP contribution in [0, 0.1) is 0 Å². The Bertz CT molecular complexity index is 1570. The number of unbranched alkanes of at least 4 members (excludes halogenated alkanes) is 8.